The van der Waals surface area contributed by atoms with Crippen LogP contribution >= 0.6 is 11.3 Å². The number of rotatable bonds is 4. The first-order valence-electron chi connectivity index (χ1n) is 7.09. The number of methoxy groups -OCH3 is 1. The van der Waals surface area contributed by atoms with Crippen LogP contribution in [0.25, 0.3) is 11.3 Å². The lowest BCUT2D eigenvalue weighted by Crippen LogP contribution is -2.48. The summed E-state index contributed by atoms with van der Waals surface area (Å²) in [6, 6.07) is 4.25. The highest BCUT2D eigenvalue weighted by Gasteiger charge is 2.22. The number of aromatic nitrogens is 1. The van der Waals surface area contributed by atoms with Gasteiger partial charge in [0.25, 0.3) is 0 Å². The van der Waals surface area contributed by atoms with E-state index in [0.29, 0.717) is 36.1 Å². The topological polar surface area (TPSA) is 72.5 Å². The van der Waals surface area contributed by atoms with Gasteiger partial charge in [-0.15, -0.1) is 11.3 Å². The number of benzene rings is 1. The normalized spacial score (nSPS) is 17.7. The van der Waals surface area contributed by atoms with Crippen molar-refractivity contribution in [2.75, 3.05) is 32.2 Å². The molecular weight excluding hydrogens is 321 g/mol. The fraction of sp³-hybridized carbons (Fsp3) is 0.333. The summed E-state index contributed by atoms with van der Waals surface area (Å²) < 4.78 is 23.9. The molecule has 0 radical (unpaired) electrons. The zero-order valence-electron chi connectivity index (χ0n) is 12.5. The number of anilines is 1. The fourth-order valence-electron chi connectivity index (χ4n) is 2.22. The maximum atomic E-state index is 13.8. The summed E-state index contributed by atoms with van der Waals surface area (Å²) in [5.74, 6) is -0.459. The first-order valence-corrected chi connectivity index (χ1v) is 7.97. The molecule has 1 fully saturated rings. The van der Waals surface area contributed by atoms with E-state index in [2.05, 4.69) is 15.6 Å². The van der Waals surface area contributed by atoms with Gasteiger partial charge in [0.1, 0.15) is 6.04 Å². The van der Waals surface area contributed by atoms with E-state index in [0.717, 1.165) is 0 Å². The lowest BCUT2D eigenvalue weighted by Gasteiger charge is -2.22. The van der Waals surface area contributed by atoms with E-state index in [1.165, 1.54) is 24.5 Å². The van der Waals surface area contributed by atoms with Crippen LogP contribution in [0.2, 0.25) is 0 Å². The predicted octanol–water partition coefficient (Wildman–Crippen LogP) is 1.88. The monoisotopic (exact) mass is 337 g/mol. The molecule has 2 heterocycles. The number of halogens is 1. The minimum absolute atomic E-state index is 0.181. The van der Waals surface area contributed by atoms with Gasteiger partial charge in [-0.1, -0.05) is 0 Å². The number of amides is 1. The van der Waals surface area contributed by atoms with Crippen LogP contribution < -0.4 is 15.4 Å². The summed E-state index contributed by atoms with van der Waals surface area (Å²) in [7, 11) is 1.41. The number of carbonyl (C=O) groups is 1. The Balaban J connectivity index is 1.70. The molecule has 1 aliphatic rings. The van der Waals surface area contributed by atoms with Crippen molar-refractivity contribution in [1.29, 1.82) is 0 Å². The van der Waals surface area contributed by atoms with Gasteiger partial charge in [-0.3, -0.25) is 4.79 Å². The zero-order chi connectivity index (χ0) is 16.2. The van der Waals surface area contributed by atoms with Gasteiger partial charge in [0.15, 0.2) is 16.7 Å². The second kappa shape index (κ2) is 7.03. The Morgan fingerprint density at radius 2 is 2.43 bits per heavy atom. The molecule has 1 unspecified atom stereocenters. The Labute approximate surface area is 136 Å². The molecule has 0 bridgehead atoms. The standard InChI is InChI=1S/C15H16FN3O3S/c1-21-13-3-2-9(6-10(13)16)12-8-23-15(18-12)19-14(20)11-7-22-5-4-17-11/h2-3,6,8,11,17H,4-5,7H2,1H3,(H,18,19,20). The van der Waals surface area contributed by atoms with Gasteiger partial charge < -0.3 is 20.1 Å². The highest BCUT2D eigenvalue weighted by Crippen LogP contribution is 2.28. The smallest absolute Gasteiger partial charge is 0.245 e. The number of hydrogen-bond donors (Lipinski definition) is 2. The third-order valence-corrected chi connectivity index (χ3v) is 4.18. The molecule has 1 aliphatic heterocycles. The summed E-state index contributed by atoms with van der Waals surface area (Å²) in [5, 5.41) is 8.05. The Morgan fingerprint density at radius 3 is 3.13 bits per heavy atom. The van der Waals surface area contributed by atoms with Crippen molar-refractivity contribution in [2.24, 2.45) is 0 Å². The van der Waals surface area contributed by atoms with Crippen LogP contribution in [0.5, 0.6) is 5.75 Å². The van der Waals surface area contributed by atoms with Crippen LogP contribution in [0.4, 0.5) is 9.52 Å². The summed E-state index contributed by atoms with van der Waals surface area (Å²) in [6.45, 7) is 1.59. The summed E-state index contributed by atoms with van der Waals surface area (Å²) in [6.07, 6.45) is 0. The van der Waals surface area contributed by atoms with Crippen molar-refractivity contribution < 1.29 is 18.7 Å². The average molecular weight is 337 g/mol. The molecular formula is C15H16FN3O3S. The molecule has 3 rings (SSSR count). The molecule has 8 heteroatoms. The number of hydrogen-bond acceptors (Lipinski definition) is 6. The van der Waals surface area contributed by atoms with E-state index in [1.54, 1.807) is 17.5 Å². The second-order valence-electron chi connectivity index (χ2n) is 4.96. The SMILES string of the molecule is COc1ccc(-c2csc(NC(=O)C3COCCN3)n2)cc1F. The minimum atomic E-state index is -0.452. The molecule has 1 aromatic heterocycles. The van der Waals surface area contributed by atoms with Crippen LogP contribution in [0, 0.1) is 5.82 Å². The number of morpholine rings is 1. The van der Waals surface area contributed by atoms with Crippen molar-refractivity contribution in [3.8, 4) is 17.0 Å². The van der Waals surface area contributed by atoms with E-state index in [9.17, 15) is 9.18 Å². The quantitative estimate of drug-likeness (QED) is 0.891. The largest absolute Gasteiger partial charge is 0.494 e. The second-order valence-corrected chi connectivity index (χ2v) is 5.82. The number of carbonyl (C=O) groups excluding carboxylic acids is 1. The zero-order valence-corrected chi connectivity index (χ0v) is 13.3. The number of nitrogens with zero attached hydrogens (tertiary/aromatic N) is 1. The molecule has 0 aliphatic carbocycles. The predicted molar refractivity (Wildman–Crippen MR) is 85.3 cm³/mol. The van der Waals surface area contributed by atoms with Gasteiger partial charge in [-0.2, -0.15) is 0 Å². The van der Waals surface area contributed by atoms with Crippen molar-refractivity contribution in [3.05, 3.63) is 29.4 Å². The molecule has 2 aromatic rings. The van der Waals surface area contributed by atoms with Crippen molar-refractivity contribution in [3.63, 3.8) is 0 Å². The highest BCUT2D eigenvalue weighted by molar-refractivity contribution is 7.14. The number of nitrogens with one attached hydrogen (secondary N) is 2. The van der Waals surface area contributed by atoms with Crippen molar-refractivity contribution in [2.45, 2.75) is 6.04 Å². The average Bonchev–Trinajstić information content (AvgIpc) is 3.04. The molecule has 122 valence electrons. The van der Waals surface area contributed by atoms with Gasteiger partial charge in [-0.25, -0.2) is 9.37 Å². The molecule has 1 atom stereocenters. The Morgan fingerprint density at radius 1 is 1.57 bits per heavy atom. The lowest BCUT2D eigenvalue weighted by atomic mass is 10.1. The molecule has 1 amide bonds. The highest BCUT2D eigenvalue weighted by atomic mass is 32.1. The van der Waals surface area contributed by atoms with Crippen LogP contribution in [-0.4, -0.2) is 43.8 Å². The maximum absolute atomic E-state index is 13.8. The molecule has 6 nitrogen and oxygen atoms in total. The molecule has 2 N–H and O–H groups in total. The first kappa shape index (κ1) is 15.9. The van der Waals surface area contributed by atoms with Gasteiger partial charge in [0.2, 0.25) is 5.91 Å². The molecule has 0 spiro atoms. The minimum Gasteiger partial charge on any atom is -0.494 e. The van der Waals surface area contributed by atoms with Crippen LogP contribution in [0.15, 0.2) is 23.6 Å². The van der Waals surface area contributed by atoms with Gasteiger partial charge in [-0.05, 0) is 18.2 Å². The molecule has 23 heavy (non-hydrogen) atoms. The Kier molecular flexibility index (Phi) is 4.85. The van der Waals surface area contributed by atoms with Crippen LogP contribution in [0.3, 0.4) is 0 Å². The third-order valence-electron chi connectivity index (χ3n) is 3.42. The van der Waals surface area contributed by atoms with E-state index >= 15 is 0 Å². The van der Waals surface area contributed by atoms with E-state index in [1.807, 2.05) is 0 Å². The number of thiazole rings is 1. The third kappa shape index (κ3) is 3.66. The van der Waals surface area contributed by atoms with E-state index in [-0.39, 0.29) is 17.7 Å². The van der Waals surface area contributed by atoms with Gasteiger partial charge in [0.05, 0.1) is 26.0 Å². The van der Waals surface area contributed by atoms with Gasteiger partial charge in [0, 0.05) is 17.5 Å². The summed E-state index contributed by atoms with van der Waals surface area (Å²) >= 11 is 1.29. The number of ether oxygens (including phenoxy) is 2. The first-order chi connectivity index (χ1) is 11.2. The van der Waals surface area contributed by atoms with E-state index in [4.69, 9.17) is 9.47 Å². The van der Waals surface area contributed by atoms with Crippen molar-refractivity contribution in [1.82, 2.24) is 10.3 Å². The Bertz CT molecular complexity index is 701. The van der Waals surface area contributed by atoms with Gasteiger partial charge >= 0.3 is 0 Å². The maximum Gasteiger partial charge on any atom is 0.245 e. The summed E-state index contributed by atoms with van der Waals surface area (Å²) in [4.78, 5) is 16.4. The van der Waals surface area contributed by atoms with Crippen molar-refractivity contribution >= 4 is 22.4 Å². The Hall–Kier alpha value is -2.03. The van der Waals surface area contributed by atoms with E-state index < -0.39 is 5.82 Å². The lowest BCUT2D eigenvalue weighted by molar-refractivity contribution is -0.120. The molecule has 0 saturated carbocycles. The molecule has 1 aromatic carbocycles. The van der Waals surface area contributed by atoms with Crippen LogP contribution in [0.1, 0.15) is 0 Å². The fourth-order valence-corrected chi connectivity index (χ4v) is 2.94. The van der Waals surface area contributed by atoms with Crippen LogP contribution in [-0.2, 0) is 9.53 Å². The summed E-state index contributed by atoms with van der Waals surface area (Å²) in [5.41, 5.74) is 1.22. The molecule has 1 saturated heterocycles.